The highest BCUT2D eigenvalue weighted by Crippen LogP contribution is 2.33. The lowest BCUT2D eigenvalue weighted by Crippen LogP contribution is -2.46. The lowest BCUT2D eigenvalue weighted by molar-refractivity contribution is -0.134. The van der Waals surface area contributed by atoms with Crippen LogP contribution in [0.3, 0.4) is 0 Å². The summed E-state index contributed by atoms with van der Waals surface area (Å²) >= 11 is 0. The predicted octanol–water partition coefficient (Wildman–Crippen LogP) is 3.32. The van der Waals surface area contributed by atoms with Crippen molar-refractivity contribution >= 4 is 23.5 Å². The summed E-state index contributed by atoms with van der Waals surface area (Å²) in [5.74, 6) is -0.876. The van der Waals surface area contributed by atoms with Gasteiger partial charge in [-0.1, -0.05) is 78.9 Å². The largest absolute Gasteiger partial charge is 0.325 e. The highest BCUT2D eigenvalue weighted by atomic mass is 16.2. The van der Waals surface area contributed by atoms with Crippen LogP contribution in [0.4, 0.5) is 10.5 Å². The number of hydrogen-bond donors (Lipinski definition) is 2. The van der Waals surface area contributed by atoms with Gasteiger partial charge in [-0.15, -0.1) is 0 Å². The molecule has 1 atom stereocenters. The first-order valence-corrected chi connectivity index (χ1v) is 9.67. The van der Waals surface area contributed by atoms with E-state index in [1.54, 1.807) is 24.3 Å². The van der Waals surface area contributed by atoms with Crippen LogP contribution in [-0.2, 0) is 21.5 Å². The van der Waals surface area contributed by atoms with Gasteiger partial charge in [0.25, 0.3) is 5.91 Å². The van der Waals surface area contributed by atoms with Gasteiger partial charge in [0.1, 0.15) is 6.54 Å². The molecule has 0 aliphatic carbocycles. The summed E-state index contributed by atoms with van der Waals surface area (Å²) in [4.78, 5) is 39.7. The summed E-state index contributed by atoms with van der Waals surface area (Å²) in [7, 11) is 0. The molecule has 6 nitrogen and oxygen atoms in total. The van der Waals surface area contributed by atoms with Crippen LogP contribution < -0.4 is 10.6 Å². The third-order valence-electron chi connectivity index (χ3n) is 5.11. The molecule has 0 saturated carbocycles. The zero-order valence-corrected chi connectivity index (χ0v) is 16.2. The summed E-state index contributed by atoms with van der Waals surface area (Å²) in [5, 5.41) is 5.57. The maximum absolute atomic E-state index is 13.5. The molecule has 1 aliphatic rings. The van der Waals surface area contributed by atoms with Gasteiger partial charge < -0.3 is 10.6 Å². The topological polar surface area (TPSA) is 78.5 Å². The standard InChI is InChI=1S/C24H21N3O3/c28-21(25-20-14-8-3-9-15-20)17-27-22(29)24(26-23(27)30,19-12-6-2-7-13-19)16-18-10-4-1-5-11-18/h1-15H,16-17H2,(H,25,28)(H,26,30). The fourth-order valence-electron chi connectivity index (χ4n) is 3.68. The van der Waals surface area contributed by atoms with Crippen molar-refractivity contribution in [1.82, 2.24) is 10.2 Å². The summed E-state index contributed by atoms with van der Waals surface area (Å²) in [6, 6.07) is 27.0. The van der Waals surface area contributed by atoms with Gasteiger partial charge in [0.05, 0.1) is 0 Å². The highest BCUT2D eigenvalue weighted by molar-refractivity contribution is 6.10. The second-order valence-corrected chi connectivity index (χ2v) is 7.17. The average molecular weight is 399 g/mol. The summed E-state index contributed by atoms with van der Waals surface area (Å²) < 4.78 is 0. The number of nitrogens with one attached hydrogen (secondary N) is 2. The molecule has 1 unspecified atom stereocenters. The minimum Gasteiger partial charge on any atom is -0.325 e. The van der Waals surface area contributed by atoms with Crippen LogP contribution in [0.5, 0.6) is 0 Å². The van der Waals surface area contributed by atoms with Gasteiger partial charge in [-0.25, -0.2) is 4.79 Å². The Balaban J connectivity index is 1.61. The smallest absolute Gasteiger partial charge is 0.325 e. The third kappa shape index (κ3) is 3.80. The number of rotatable bonds is 6. The first kappa shape index (κ1) is 19.4. The molecule has 1 heterocycles. The highest BCUT2D eigenvalue weighted by Gasteiger charge is 2.52. The van der Waals surface area contributed by atoms with Crippen LogP contribution in [0.1, 0.15) is 11.1 Å². The molecule has 0 radical (unpaired) electrons. The molecule has 0 spiro atoms. The molecule has 1 aliphatic heterocycles. The van der Waals surface area contributed by atoms with E-state index < -0.39 is 23.4 Å². The molecule has 1 fully saturated rings. The zero-order valence-electron chi connectivity index (χ0n) is 16.2. The normalized spacial score (nSPS) is 18.2. The van der Waals surface area contributed by atoms with Crippen molar-refractivity contribution in [2.45, 2.75) is 12.0 Å². The molecule has 0 aromatic heterocycles. The van der Waals surface area contributed by atoms with Crippen LogP contribution in [0.25, 0.3) is 0 Å². The lowest BCUT2D eigenvalue weighted by Gasteiger charge is -2.27. The van der Waals surface area contributed by atoms with Crippen LogP contribution >= 0.6 is 0 Å². The molecule has 4 rings (SSSR count). The maximum atomic E-state index is 13.5. The van der Waals surface area contributed by atoms with Crippen molar-refractivity contribution in [3.05, 3.63) is 102 Å². The summed E-state index contributed by atoms with van der Waals surface area (Å²) in [6.07, 6.45) is 0.291. The number of anilines is 1. The Labute approximate surface area is 174 Å². The number of nitrogens with zero attached hydrogens (tertiary/aromatic N) is 1. The first-order chi connectivity index (χ1) is 14.6. The number of carbonyl (C=O) groups excluding carboxylic acids is 3. The average Bonchev–Trinajstić information content (AvgIpc) is 3.01. The summed E-state index contributed by atoms with van der Waals surface area (Å²) in [5.41, 5.74) is 0.934. The molecule has 6 heteroatoms. The molecule has 1 saturated heterocycles. The van der Waals surface area contributed by atoms with E-state index in [1.165, 1.54) is 0 Å². The molecule has 3 aromatic rings. The predicted molar refractivity (Wildman–Crippen MR) is 114 cm³/mol. The van der Waals surface area contributed by atoms with E-state index in [1.807, 2.05) is 66.7 Å². The molecule has 2 N–H and O–H groups in total. The van der Waals surface area contributed by atoms with Crippen LogP contribution in [0.2, 0.25) is 0 Å². The van der Waals surface area contributed by atoms with Crippen LogP contribution in [-0.4, -0.2) is 29.3 Å². The van der Waals surface area contributed by atoms with E-state index >= 15 is 0 Å². The lowest BCUT2D eigenvalue weighted by atomic mass is 9.83. The van der Waals surface area contributed by atoms with E-state index in [2.05, 4.69) is 10.6 Å². The van der Waals surface area contributed by atoms with Gasteiger partial charge in [0, 0.05) is 12.1 Å². The quantitative estimate of drug-likeness (QED) is 0.624. The fraction of sp³-hybridized carbons (Fsp3) is 0.125. The minimum absolute atomic E-state index is 0.291. The number of urea groups is 1. The number of para-hydroxylation sites is 1. The van der Waals surface area contributed by atoms with E-state index in [0.29, 0.717) is 17.7 Å². The molecule has 0 bridgehead atoms. The second kappa shape index (κ2) is 8.21. The van der Waals surface area contributed by atoms with Gasteiger partial charge in [0.15, 0.2) is 5.54 Å². The second-order valence-electron chi connectivity index (χ2n) is 7.17. The van der Waals surface area contributed by atoms with Gasteiger partial charge in [-0.3, -0.25) is 14.5 Å². The fourth-order valence-corrected chi connectivity index (χ4v) is 3.68. The number of benzene rings is 3. The Kier molecular flexibility index (Phi) is 5.30. The van der Waals surface area contributed by atoms with Crippen molar-refractivity contribution in [2.75, 3.05) is 11.9 Å². The molecular weight excluding hydrogens is 378 g/mol. The zero-order chi connectivity index (χ0) is 21.0. The van der Waals surface area contributed by atoms with Gasteiger partial charge in [0.2, 0.25) is 5.91 Å². The van der Waals surface area contributed by atoms with Gasteiger partial charge in [-0.05, 0) is 23.3 Å². The number of carbonyl (C=O) groups is 3. The molecule has 150 valence electrons. The SMILES string of the molecule is O=C(CN1C(=O)NC(Cc2ccccc2)(c2ccccc2)C1=O)Nc1ccccc1. The Morgan fingerprint density at radius 2 is 1.40 bits per heavy atom. The Morgan fingerprint density at radius 3 is 2.03 bits per heavy atom. The monoisotopic (exact) mass is 399 g/mol. The molecule has 3 aromatic carbocycles. The van der Waals surface area contributed by atoms with E-state index in [-0.39, 0.29) is 6.54 Å². The van der Waals surface area contributed by atoms with E-state index in [9.17, 15) is 14.4 Å². The van der Waals surface area contributed by atoms with Crippen molar-refractivity contribution in [2.24, 2.45) is 0 Å². The minimum atomic E-state index is -1.26. The summed E-state index contributed by atoms with van der Waals surface area (Å²) in [6.45, 7) is -0.358. The van der Waals surface area contributed by atoms with Crippen LogP contribution in [0, 0.1) is 0 Å². The third-order valence-corrected chi connectivity index (χ3v) is 5.11. The van der Waals surface area contributed by atoms with Crippen LogP contribution in [0.15, 0.2) is 91.0 Å². The van der Waals surface area contributed by atoms with Crippen molar-refractivity contribution < 1.29 is 14.4 Å². The van der Waals surface area contributed by atoms with E-state index in [0.717, 1.165) is 10.5 Å². The van der Waals surface area contributed by atoms with Crippen molar-refractivity contribution in [1.29, 1.82) is 0 Å². The Bertz CT molecular complexity index is 1050. The molecular formula is C24H21N3O3. The maximum Gasteiger partial charge on any atom is 0.325 e. The Hall–Kier alpha value is -3.93. The van der Waals surface area contributed by atoms with Crippen molar-refractivity contribution in [3.8, 4) is 0 Å². The first-order valence-electron chi connectivity index (χ1n) is 9.67. The number of imide groups is 1. The van der Waals surface area contributed by atoms with Gasteiger partial charge >= 0.3 is 6.03 Å². The Morgan fingerprint density at radius 1 is 0.833 bits per heavy atom. The van der Waals surface area contributed by atoms with Crippen molar-refractivity contribution in [3.63, 3.8) is 0 Å². The molecule has 30 heavy (non-hydrogen) atoms. The number of amides is 4. The number of hydrogen-bond acceptors (Lipinski definition) is 3. The van der Waals surface area contributed by atoms with Gasteiger partial charge in [-0.2, -0.15) is 0 Å². The molecule has 4 amide bonds. The van der Waals surface area contributed by atoms with E-state index in [4.69, 9.17) is 0 Å².